The van der Waals surface area contributed by atoms with Gasteiger partial charge in [-0.05, 0) is 13.3 Å². The first kappa shape index (κ1) is 13.2. The first-order valence-corrected chi connectivity index (χ1v) is 6.09. The average Bonchev–Trinajstić information content (AvgIpc) is 2.24. The number of hydrogen-bond acceptors (Lipinski definition) is 5. The Morgan fingerprint density at radius 1 is 1.62 bits per heavy atom. The number of hydrogen-bond donors (Lipinski definition) is 2. The maximum atomic E-state index is 13.4. The highest BCUT2D eigenvalue weighted by Crippen LogP contribution is 2.25. The molecule has 0 aliphatic heterocycles. The van der Waals surface area contributed by atoms with E-state index in [9.17, 15) is 4.39 Å². The van der Waals surface area contributed by atoms with Gasteiger partial charge in [0, 0.05) is 18.4 Å². The maximum Gasteiger partial charge on any atom is 0.223 e. The smallest absolute Gasteiger partial charge is 0.223 e. The third kappa shape index (κ3) is 3.94. The molecular formula is C10H16FN3OS. The van der Waals surface area contributed by atoms with Gasteiger partial charge in [0.1, 0.15) is 5.03 Å². The standard InChI is InChI=1S/C10H16FN3OS/c1-3-12-10-13-6-8(11)9(14-10)16-7(2)4-5-15/h6-7,15H,3-5H2,1-2H3,(H,12,13,14). The topological polar surface area (TPSA) is 58.0 Å². The Morgan fingerprint density at radius 2 is 2.38 bits per heavy atom. The molecule has 0 saturated heterocycles. The normalized spacial score (nSPS) is 12.5. The summed E-state index contributed by atoms with van der Waals surface area (Å²) in [6.45, 7) is 4.64. The van der Waals surface area contributed by atoms with Crippen molar-refractivity contribution in [3.05, 3.63) is 12.0 Å². The van der Waals surface area contributed by atoms with Gasteiger partial charge in [-0.3, -0.25) is 0 Å². The molecule has 0 radical (unpaired) electrons. The van der Waals surface area contributed by atoms with Gasteiger partial charge in [0.2, 0.25) is 5.95 Å². The molecule has 2 N–H and O–H groups in total. The van der Waals surface area contributed by atoms with Crippen LogP contribution >= 0.6 is 11.8 Å². The first-order valence-electron chi connectivity index (χ1n) is 5.21. The van der Waals surface area contributed by atoms with Gasteiger partial charge in [0.05, 0.1) is 6.20 Å². The van der Waals surface area contributed by atoms with Gasteiger partial charge in [0.25, 0.3) is 0 Å². The quantitative estimate of drug-likeness (QED) is 0.592. The predicted octanol–water partition coefficient (Wildman–Crippen LogP) is 1.91. The lowest BCUT2D eigenvalue weighted by Gasteiger charge is -2.10. The van der Waals surface area contributed by atoms with E-state index in [2.05, 4.69) is 15.3 Å². The van der Waals surface area contributed by atoms with E-state index in [1.54, 1.807) is 0 Å². The largest absolute Gasteiger partial charge is 0.396 e. The van der Waals surface area contributed by atoms with Gasteiger partial charge < -0.3 is 10.4 Å². The van der Waals surface area contributed by atoms with E-state index in [1.807, 2.05) is 13.8 Å². The lowest BCUT2D eigenvalue weighted by Crippen LogP contribution is -2.06. The van der Waals surface area contributed by atoms with Gasteiger partial charge in [0.15, 0.2) is 5.82 Å². The van der Waals surface area contributed by atoms with Crippen LogP contribution in [-0.2, 0) is 0 Å². The van der Waals surface area contributed by atoms with Crippen LogP contribution in [0.5, 0.6) is 0 Å². The van der Waals surface area contributed by atoms with E-state index < -0.39 is 5.82 Å². The van der Waals surface area contributed by atoms with E-state index in [4.69, 9.17) is 5.11 Å². The number of nitrogens with zero attached hydrogens (tertiary/aromatic N) is 2. The second-order valence-electron chi connectivity index (χ2n) is 3.32. The van der Waals surface area contributed by atoms with Crippen LogP contribution in [-0.4, -0.2) is 33.5 Å². The molecule has 1 unspecified atom stereocenters. The van der Waals surface area contributed by atoms with Crippen molar-refractivity contribution in [3.63, 3.8) is 0 Å². The van der Waals surface area contributed by atoms with Crippen molar-refractivity contribution in [2.45, 2.75) is 30.5 Å². The minimum atomic E-state index is -0.420. The lowest BCUT2D eigenvalue weighted by molar-refractivity contribution is 0.289. The summed E-state index contributed by atoms with van der Waals surface area (Å²) in [5, 5.41) is 12.2. The molecule has 0 bridgehead atoms. The van der Waals surface area contributed by atoms with Gasteiger partial charge in [-0.1, -0.05) is 6.92 Å². The fourth-order valence-electron chi connectivity index (χ4n) is 1.11. The highest BCUT2D eigenvalue weighted by atomic mass is 32.2. The molecule has 4 nitrogen and oxygen atoms in total. The summed E-state index contributed by atoms with van der Waals surface area (Å²) >= 11 is 1.31. The van der Waals surface area contributed by atoms with Gasteiger partial charge in [-0.15, -0.1) is 11.8 Å². The second-order valence-corrected chi connectivity index (χ2v) is 4.74. The van der Waals surface area contributed by atoms with Crippen molar-refractivity contribution in [1.82, 2.24) is 9.97 Å². The van der Waals surface area contributed by atoms with Gasteiger partial charge in [-0.2, -0.15) is 0 Å². The van der Waals surface area contributed by atoms with Crippen LogP contribution in [0.4, 0.5) is 10.3 Å². The average molecular weight is 245 g/mol. The minimum Gasteiger partial charge on any atom is -0.396 e. The summed E-state index contributed by atoms with van der Waals surface area (Å²) in [4.78, 5) is 7.89. The fraction of sp³-hybridized carbons (Fsp3) is 0.600. The number of rotatable bonds is 6. The highest BCUT2D eigenvalue weighted by molar-refractivity contribution is 7.99. The van der Waals surface area contributed by atoms with E-state index in [0.717, 1.165) is 0 Å². The van der Waals surface area contributed by atoms with Crippen molar-refractivity contribution >= 4 is 17.7 Å². The number of thioether (sulfide) groups is 1. The third-order valence-electron chi connectivity index (χ3n) is 1.90. The van der Waals surface area contributed by atoms with Crippen LogP contribution in [0.1, 0.15) is 20.3 Å². The summed E-state index contributed by atoms with van der Waals surface area (Å²) in [5.41, 5.74) is 0. The van der Waals surface area contributed by atoms with Gasteiger partial charge >= 0.3 is 0 Å². The molecule has 1 aromatic heterocycles. The summed E-state index contributed by atoms with van der Waals surface area (Å²) < 4.78 is 13.4. The number of nitrogens with one attached hydrogen (secondary N) is 1. The second kappa shape index (κ2) is 6.65. The molecule has 0 aliphatic rings. The number of aliphatic hydroxyl groups excluding tert-OH is 1. The molecule has 16 heavy (non-hydrogen) atoms. The number of aliphatic hydroxyl groups is 1. The Labute approximate surface area is 98.7 Å². The predicted molar refractivity (Wildman–Crippen MR) is 63.2 cm³/mol. The van der Waals surface area contributed by atoms with Crippen molar-refractivity contribution in [1.29, 1.82) is 0 Å². The van der Waals surface area contributed by atoms with Crippen LogP contribution < -0.4 is 5.32 Å². The molecular weight excluding hydrogens is 229 g/mol. The fourth-order valence-corrected chi connectivity index (χ4v) is 2.02. The van der Waals surface area contributed by atoms with Crippen molar-refractivity contribution in [2.75, 3.05) is 18.5 Å². The van der Waals surface area contributed by atoms with Crippen LogP contribution in [0.25, 0.3) is 0 Å². The zero-order chi connectivity index (χ0) is 12.0. The van der Waals surface area contributed by atoms with E-state index in [0.29, 0.717) is 23.9 Å². The Hall–Kier alpha value is -0.880. The SMILES string of the molecule is CCNc1ncc(F)c(SC(C)CCO)n1. The summed E-state index contributed by atoms with van der Waals surface area (Å²) in [7, 11) is 0. The molecule has 0 aliphatic carbocycles. The van der Waals surface area contributed by atoms with Crippen molar-refractivity contribution in [2.24, 2.45) is 0 Å². The zero-order valence-corrected chi connectivity index (χ0v) is 10.2. The molecule has 0 fully saturated rings. The van der Waals surface area contributed by atoms with E-state index in [-0.39, 0.29) is 11.9 Å². The van der Waals surface area contributed by atoms with E-state index in [1.165, 1.54) is 18.0 Å². The summed E-state index contributed by atoms with van der Waals surface area (Å²) in [6, 6.07) is 0. The molecule has 1 rings (SSSR count). The summed E-state index contributed by atoms with van der Waals surface area (Å²) in [5.74, 6) is 0.0130. The van der Waals surface area contributed by atoms with Crippen LogP contribution in [0.15, 0.2) is 11.2 Å². The maximum absolute atomic E-state index is 13.4. The number of halogens is 1. The third-order valence-corrected chi connectivity index (χ3v) is 3.04. The Kier molecular flexibility index (Phi) is 5.48. The molecule has 0 amide bonds. The van der Waals surface area contributed by atoms with E-state index >= 15 is 0 Å². The Morgan fingerprint density at radius 3 is 3.00 bits per heavy atom. The molecule has 1 heterocycles. The van der Waals surface area contributed by atoms with Crippen molar-refractivity contribution in [3.8, 4) is 0 Å². The highest BCUT2D eigenvalue weighted by Gasteiger charge is 2.11. The monoisotopic (exact) mass is 245 g/mol. The zero-order valence-electron chi connectivity index (χ0n) is 9.40. The van der Waals surface area contributed by atoms with Crippen LogP contribution in [0.3, 0.4) is 0 Å². The number of aromatic nitrogens is 2. The molecule has 0 spiro atoms. The van der Waals surface area contributed by atoms with Crippen LogP contribution in [0.2, 0.25) is 0 Å². The summed E-state index contributed by atoms with van der Waals surface area (Å²) in [6.07, 6.45) is 1.78. The molecule has 0 saturated carbocycles. The Bertz CT molecular complexity index is 338. The van der Waals surface area contributed by atoms with Gasteiger partial charge in [-0.25, -0.2) is 14.4 Å². The molecule has 0 aromatic carbocycles. The van der Waals surface area contributed by atoms with Crippen LogP contribution in [0, 0.1) is 5.82 Å². The molecule has 6 heteroatoms. The van der Waals surface area contributed by atoms with Crippen molar-refractivity contribution < 1.29 is 9.50 Å². The molecule has 1 aromatic rings. The Balaban J connectivity index is 2.73. The minimum absolute atomic E-state index is 0.0982. The lowest BCUT2D eigenvalue weighted by atomic mass is 10.3. The number of anilines is 1. The molecule has 1 atom stereocenters. The first-order chi connectivity index (χ1) is 7.67. The molecule has 90 valence electrons.